The van der Waals surface area contributed by atoms with Crippen molar-refractivity contribution in [3.8, 4) is 0 Å². The molecule has 0 saturated carbocycles. The highest BCUT2D eigenvalue weighted by Crippen LogP contribution is 2.05. The maximum atomic E-state index is 11.4. The first-order valence-corrected chi connectivity index (χ1v) is 4.79. The molecule has 1 fully saturated rings. The summed E-state index contributed by atoms with van der Waals surface area (Å²) in [6, 6.07) is 0.249. The van der Waals surface area contributed by atoms with Crippen molar-refractivity contribution in [2.24, 2.45) is 0 Å². The molecule has 1 aliphatic rings. The van der Waals surface area contributed by atoms with Crippen molar-refractivity contribution in [3.63, 3.8) is 0 Å². The van der Waals surface area contributed by atoms with Gasteiger partial charge in [0.2, 0.25) is 5.91 Å². The number of likely N-dealkylation sites (N-methyl/N-ethyl adjacent to an activating group) is 2. The Labute approximate surface area is 79.7 Å². The van der Waals surface area contributed by atoms with Gasteiger partial charge in [0.15, 0.2) is 0 Å². The van der Waals surface area contributed by atoms with E-state index in [2.05, 4.69) is 22.6 Å². The van der Waals surface area contributed by atoms with Crippen molar-refractivity contribution in [1.82, 2.24) is 15.5 Å². The van der Waals surface area contributed by atoms with E-state index in [1.165, 1.54) is 0 Å². The Balaban J connectivity index is 2.28. The molecule has 1 aliphatic heterocycles. The second-order valence-electron chi connectivity index (χ2n) is 3.77. The van der Waals surface area contributed by atoms with E-state index in [9.17, 15) is 4.79 Å². The van der Waals surface area contributed by atoms with Crippen molar-refractivity contribution in [2.45, 2.75) is 25.4 Å². The average Bonchev–Trinajstić information content (AvgIpc) is 2.49. The van der Waals surface area contributed by atoms with Gasteiger partial charge < -0.3 is 15.5 Å². The average molecular weight is 185 g/mol. The van der Waals surface area contributed by atoms with Crippen LogP contribution < -0.4 is 10.6 Å². The molecule has 4 heteroatoms. The van der Waals surface area contributed by atoms with Crippen LogP contribution in [0.25, 0.3) is 0 Å². The number of nitrogens with zero attached hydrogens (tertiary/aromatic N) is 1. The predicted molar refractivity (Wildman–Crippen MR) is 52.6 cm³/mol. The van der Waals surface area contributed by atoms with E-state index in [0.717, 1.165) is 19.5 Å². The van der Waals surface area contributed by atoms with Crippen LogP contribution in [0.4, 0.5) is 0 Å². The largest absolute Gasteiger partial charge is 0.351 e. The van der Waals surface area contributed by atoms with Crippen LogP contribution in [-0.4, -0.2) is 50.1 Å². The maximum Gasteiger partial charge on any atom is 0.237 e. The molecule has 0 aromatic heterocycles. The van der Waals surface area contributed by atoms with Crippen molar-refractivity contribution >= 4 is 5.91 Å². The summed E-state index contributed by atoms with van der Waals surface area (Å²) in [5.74, 6) is 0.0998. The van der Waals surface area contributed by atoms with Gasteiger partial charge in [-0.25, -0.2) is 0 Å². The van der Waals surface area contributed by atoms with Gasteiger partial charge in [-0.1, -0.05) is 0 Å². The normalized spacial score (nSPS) is 25.9. The standard InChI is InChI=1S/C9H19N3O/c1-7(10-2)9(13)11-8-4-5-12(3)6-8/h7-8,10H,4-6H2,1-3H3,(H,11,13). The molecule has 1 heterocycles. The highest BCUT2D eigenvalue weighted by Gasteiger charge is 2.22. The predicted octanol–water partition coefficient (Wildman–Crippen LogP) is -0.585. The van der Waals surface area contributed by atoms with Gasteiger partial charge in [-0.15, -0.1) is 0 Å². The van der Waals surface area contributed by atoms with Gasteiger partial charge in [-0.05, 0) is 34.0 Å². The molecule has 2 unspecified atom stereocenters. The molecular weight excluding hydrogens is 166 g/mol. The second-order valence-corrected chi connectivity index (χ2v) is 3.77. The Morgan fingerprint density at radius 3 is 2.77 bits per heavy atom. The summed E-state index contributed by atoms with van der Waals surface area (Å²) in [6.45, 7) is 3.93. The number of carbonyl (C=O) groups excluding carboxylic acids is 1. The minimum absolute atomic E-state index is 0.0918. The third kappa shape index (κ3) is 2.97. The van der Waals surface area contributed by atoms with Crippen LogP contribution in [0.3, 0.4) is 0 Å². The van der Waals surface area contributed by atoms with Crippen molar-refractivity contribution in [1.29, 1.82) is 0 Å². The molecule has 0 aliphatic carbocycles. The monoisotopic (exact) mass is 185 g/mol. The summed E-state index contributed by atoms with van der Waals surface area (Å²) >= 11 is 0. The molecule has 0 radical (unpaired) electrons. The van der Waals surface area contributed by atoms with E-state index in [1.54, 1.807) is 7.05 Å². The maximum absolute atomic E-state index is 11.4. The number of rotatable bonds is 3. The first kappa shape index (κ1) is 10.5. The zero-order valence-electron chi connectivity index (χ0n) is 8.63. The molecule has 0 aromatic carbocycles. The fourth-order valence-electron chi connectivity index (χ4n) is 1.51. The van der Waals surface area contributed by atoms with Crippen molar-refractivity contribution in [3.05, 3.63) is 0 Å². The number of hydrogen-bond acceptors (Lipinski definition) is 3. The summed E-state index contributed by atoms with van der Waals surface area (Å²) in [7, 11) is 3.87. The summed E-state index contributed by atoms with van der Waals surface area (Å²) in [4.78, 5) is 13.7. The van der Waals surface area contributed by atoms with E-state index in [0.29, 0.717) is 6.04 Å². The molecule has 0 spiro atoms. The van der Waals surface area contributed by atoms with Crippen LogP contribution in [0.5, 0.6) is 0 Å². The van der Waals surface area contributed by atoms with Crippen molar-refractivity contribution in [2.75, 3.05) is 27.2 Å². The molecule has 1 rings (SSSR count). The lowest BCUT2D eigenvalue weighted by Gasteiger charge is -2.16. The van der Waals surface area contributed by atoms with Crippen LogP contribution in [0.15, 0.2) is 0 Å². The zero-order chi connectivity index (χ0) is 9.84. The number of nitrogens with one attached hydrogen (secondary N) is 2. The lowest BCUT2D eigenvalue weighted by atomic mass is 10.2. The fraction of sp³-hybridized carbons (Fsp3) is 0.889. The van der Waals surface area contributed by atoms with E-state index >= 15 is 0 Å². The molecular formula is C9H19N3O. The molecule has 0 bridgehead atoms. The van der Waals surface area contributed by atoms with Crippen LogP contribution >= 0.6 is 0 Å². The number of hydrogen-bond donors (Lipinski definition) is 2. The van der Waals surface area contributed by atoms with Gasteiger partial charge >= 0.3 is 0 Å². The summed E-state index contributed by atoms with van der Waals surface area (Å²) in [5, 5.41) is 5.94. The molecule has 4 nitrogen and oxygen atoms in total. The smallest absolute Gasteiger partial charge is 0.237 e. The van der Waals surface area contributed by atoms with Gasteiger partial charge in [0.1, 0.15) is 0 Å². The molecule has 0 aromatic rings. The Bertz CT molecular complexity index is 184. The molecule has 1 saturated heterocycles. The van der Waals surface area contributed by atoms with Crippen LogP contribution in [0.1, 0.15) is 13.3 Å². The SMILES string of the molecule is CNC(C)C(=O)NC1CCN(C)C1. The number of amides is 1. The number of carbonyl (C=O) groups is 1. The summed E-state index contributed by atoms with van der Waals surface area (Å²) in [6.07, 6.45) is 1.07. The van der Waals surface area contributed by atoms with Crippen LogP contribution in [0.2, 0.25) is 0 Å². The third-order valence-electron chi connectivity index (χ3n) is 2.56. The third-order valence-corrected chi connectivity index (χ3v) is 2.56. The van der Waals surface area contributed by atoms with Gasteiger partial charge in [-0.2, -0.15) is 0 Å². The van der Waals surface area contributed by atoms with Gasteiger partial charge in [0, 0.05) is 12.6 Å². The van der Waals surface area contributed by atoms with E-state index in [-0.39, 0.29) is 11.9 Å². The lowest BCUT2D eigenvalue weighted by molar-refractivity contribution is -0.123. The Morgan fingerprint density at radius 2 is 2.31 bits per heavy atom. The lowest BCUT2D eigenvalue weighted by Crippen LogP contribution is -2.45. The van der Waals surface area contributed by atoms with Crippen LogP contribution in [0, 0.1) is 0 Å². The molecule has 76 valence electrons. The van der Waals surface area contributed by atoms with Crippen molar-refractivity contribution < 1.29 is 4.79 Å². The molecule has 1 amide bonds. The van der Waals surface area contributed by atoms with E-state index in [1.807, 2.05) is 6.92 Å². The van der Waals surface area contributed by atoms with Gasteiger partial charge in [-0.3, -0.25) is 4.79 Å². The summed E-state index contributed by atoms with van der Waals surface area (Å²) in [5.41, 5.74) is 0. The van der Waals surface area contributed by atoms with E-state index < -0.39 is 0 Å². The molecule has 13 heavy (non-hydrogen) atoms. The zero-order valence-corrected chi connectivity index (χ0v) is 8.63. The minimum atomic E-state index is -0.0918. The van der Waals surface area contributed by atoms with Gasteiger partial charge in [0.05, 0.1) is 6.04 Å². The minimum Gasteiger partial charge on any atom is -0.351 e. The Hall–Kier alpha value is -0.610. The summed E-state index contributed by atoms with van der Waals surface area (Å²) < 4.78 is 0. The highest BCUT2D eigenvalue weighted by atomic mass is 16.2. The number of likely N-dealkylation sites (tertiary alicyclic amines) is 1. The first-order chi connectivity index (χ1) is 6.13. The quantitative estimate of drug-likeness (QED) is 0.618. The highest BCUT2D eigenvalue weighted by molar-refractivity contribution is 5.81. The van der Waals surface area contributed by atoms with Gasteiger partial charge in [0.25, 0.3) is 0 Å². The topological polar surface area (TPSA) is 44.4 Å². The van der Waals surface area contributed by atoms with E-state index in [4.69, 9.17) is 0 Å². The molecule has 2 atom stereocenters. The molecule has 2 N–H and O–H groups in total. The second kappa shape index (κ2) is 4.58. The fourth-order valence-corrected chi connectivity index (χ4v) is 1.51. The first-order valence-electron chi connectivity index (χ1n) is 4.79. The van der Waals surface area contributed by atoms with Crippen LogP contribution in [-0.2, 0) is 4.79 Å². The Morgan fingerprint density at radius 1 is 1.62 bits per heavy atom. The Kier molecular flexibility index (Phi) is 3.69.